The molecule has 0 spiro atoms. The van der Waals surface area contributed by atoms with E-state index >= 15 is 0 Å². The third-order valence-electron chi connectivity index (χ3n) is 10.9. The van der Waals surface area contributed by atoms with Crippen molar-refractivity contribution in [1.82, 2.24) is 0 Å². The van der Waals surface area contributed by atoms with Gasteiger partial charge in [0.1, 0.15) is 6.61 Å². The molecule has 0 aromatic carbocycles. The third kappa shape index (κ3) is 7.20. The van der Waals surface area contributed by atoms with Crippen molar-refractivity contribution < 1.29 is 18.1 Å². The lowest BCUT2D eigenvalue weighted by molar-refractivity contribution is -0.168. The van der Waals surface area contributed by atoms with Gasteiger partial charge in [-0.05, 0) is 152 Å². The molecule has 232 valence electrons. The van der Waals surface area contributed by atoms with E-state index in [4.69, 9.17) is 23.3 Å². The number of nitrogens with zero attached hydrogens (tertiary/aromatic N) is 1. The largest absolute Gasteiger partial charge is 0.415 e. The van der Waals surface area contributed by atoms with Crippen LogP contribution >= 0.6 is 0 Å². The molecule has 5 nitrogen and oxygen atoms in total. The van der Waals surface area contributed by atoms with E-state index in [1.54, 1.807) is 0 Å². The van der Waals surface area contributed by atoms with Gasteiger partial charge in [-0.3, -0.25) is 0 Å². The lowest BCUT2D eigenvalue weighted by Gasteiger charge is -2.64. The molecule has 0 unspecified atom stereocenters. The van der Waals surface area contributed by atoms with Crippen LogP contribution in [0.3, 0.4) is 0 Å². The van der Waals surface area contributed by atoms with Gasteiger partial charge in [0.05, 0.1) is 12.3 Å². The van der Waals surface area contributed by atoms with Crippen molar-refractivity contribution in [2.75, 3.05) is 13.2 Å². The Bertz CT molecular complexity index is 909. The average Bonchev–Trinajstić information content (AvgIpc) is 3.13. The van der Waals surface area contributed by atoms with Gasteiger partial charge in [0.2, 0.25) is 0 Å². The van der Waals surface area contributed by atoms with E-state index in [9.17, 15) is 0 Å². The molecule has 0 heterocycles. The van der Waals surface area contributed by atoms with Crippen LogP contribution in [0.5, 0.6) is 0 Å². The molecule has 9 atom stereocenters. The van der Waals surface area contributed by atoms with Gasteiger partial charge >= 0.3 is 0 Å². The molecule has 0 N–H and O–H groups in total. The first-order valence-electron chi connectivity index (χ1n) is 16.5. The summed E-state index contributed by atoms with van der Waals surface area (Å²) in [6.07, 6.45) is 11.0. The van der Waals surface area contributed by atoms with Gasteiger partial charge in [0.25, 0.3) is 0 Å². The highest BCUT2D eigenvalue weighted by Crippen LogP contribution is 2.68. The van der Waals surface area contributed by atoms with Gasteiger partial charge in [0, 0.05) is 18.1 Å². The first-order valence-corrected chi connectivity index (χ1v) is 26.8. The number of rotatable bonds is 10. The zero-order valence-corrected chi connectivity index (χ0v) is 31.2. The van der Waals surface area contributed by atoms with Gasteiger partial charge in [-0.2, -0.15) is 0 Å². The van der Waals surface area contributed by atoms with Crippen LogP contribution in [0.15, 0.2) is 5.16 Å². The molecular weight excluding hydrogens is 547 g/mol. The van der Waals surface area contributed by atoms with Gasteiger partial charge in [0.15, 0.2) is 25.0 Å². The predicted molar refractivity (Wildman–Crippen MR) is 175 cm³/mol. The van der Waals surface area contributed by atoms with E-state index in [0.29, 0.717) is 42.7 Å². The normalized spacial score (nSPS) is 40.8. The van der Waals surface area contributed by atoms with Crippen LogP contribution < -0.4 is 0 Å². The molecule has 40 heavy (non-hydrogen) atoms. The summed E-state index contributed by atoms with van der Waals surface area (Å²) >= 11 is 0. The third-order valence-corrected chi connectivity index (χ3v) is 14.0. The minimum Gasteiger partial charge on any atom is -0.415 e. The summed E-state index contributed by atoms with van der Waals surface area (Å²) in [4.78, 5) is 5.73. The lowest BCUT2D eigenvalue weighted by Crippen LogP contribution is -2.61. The standard InChI is InChI=1S/C32H63NO4Si3/c1-13-34-33-28(22-35-38(4,5)6)27-17-16-26-25-15-14-23-20-24(36-39(7,8)9)18-19-31(23,2)30(25)29(21-32(26,27)3)37-40(10,11)12/h23-27,29-30H,13-22H2,1-12H3/b33-28-/t23-,24-,25+,26+,27-,29+,30-,31+,32+/m1/s1. The van der Waals surface area contributed by atoms with Crippen molar-refractivity contribution >= 4 is 30.7 Å². The molecule has 0 aromatic rings. The van der Waals surface area contributed by atoms with Crippen LogP contribution in [0.25, 0.3) is 0 Å². The molecule has 4 rings (SSSR count). The maximum Gasteiger partial charge on any atom is 0.184 e. The Kier molecular flexibility index (Phi) is 9.73. The van der Waals surface area contributed by atoms with Crippen LogP contribution in [-0.2, 0) is 18.1 Å². The van der Waals surface area contributed by atoms with Crippen LogP contribution in [0.2, 0.25) is 58.9 Å². The molecule has 0 bridgehead atoms. The van der Waals surface area contributed by atoms with Crippen molar-refractivity contribution in [3.63, 3.8) is 0 Å². The Morgan fingerprint density at radius 2 is 1.48 bits per heavy atom. The Morgan fingerprint density at radius 1 is 0.800 bits per heavy atom. The zero-order chi connectivity index (χ0) is 29.7. The smallest absolute Gasteiger partial charge is 0.184 e. The molecule has 4 saturated carbocycles. The van der Waals surface area contributed by atoms with Crippen molar-refractivity contribution in [1.29, 1.82) is 0 Å². The number of oxime groups is 1. The molecule has 0 radical (unpaired) electrons. The second kappa shape index (κ2) is 11.8. The predicted octanol–water partition coefficient (Wildman–Crippen LogP) is 8.94. The van der Waals surface area contributed by atoms with Gasteiger partial charge in [-0.25, -0.2) is 0 Å². The second-order valence-electron chi connectivity index (χ2n) is 17.2. The van der Waals surface area contributed by atoms with E-state index in [0.717, 1.165) is 29.9 Å². The van der Waals surface area contributed by atoms with Gasteiger partial charge in [-0.15, -0.1) is 0 Å². The van der Waals surface area contributed by atoms with Crippen LogP contribution in [0.1, 0.15) is 72.1 Å². The highest BCUT2D eigenvalue weighted by Gasteiger charge is 2.64. The van der Waals surface area contributed by atoms with Crippen molar-refractivity contribution in [2.24, 2.45) is 45.6 Å². The molecule has 4 fully saturated rings. The quantitative estimate of drug-likeness (QED) is 0.141. The zero-order valence-electron chi connectivity index (χ0n) is 28.2. The summed E-state index contributed by atoms with van der Waals surface area (Å²) in [6, 6.07) is 0. The topological polar surface area (TPSA) is 49.3 Å². The van der Waals surface area contributed by atoms with Gasteiger partial charge < -0.3 is 18.1 Å². The first-order chi connectivity index (χ1) is 18.4. The Morgan fingerprint density at radius 3 is 2.08 bits per heavy atom. The average molecular weight is 610 g/mol. The minimum atomic E-state index is -1.74. The first kappa shape index (κ1) is 32.9. The summed E-state index contributed by atoms with van der Waals surface area (Å²) in [5, 5.41) is 4.75. The molecule has 8 heteroatoms. The van der Waals surface area contributed by atoms with Crippen molar-refractivity contribution in [3.8, 4) is 0 Å². The fourth-order valence-electron chi connectivity index (χ4n) is 9.65. The number of hydrogen-bond donors (Lipinski definition) is 0. The fourth-order valence-corrected chi connectivity index (χ4v) is 12.6. The summed E-state index contributed by atoms with van der Waals surface area (Å²) in [7, 11) is -4.93. The van der Waals surface area contributed by atoms with Crippen LogP contribution in [-0.4, -0.2) is 56.1 Å². The van der Waals surface area contributed by atoms with E-state index < -0.39 is 25.0 Å². The summed E-state index contributed by atoms with van der Waals surface area (Å²) in [6.45, 7) is 29.6. The van der Waals surface area contributed by atoms with E-state index in [1.165, 1.54) is 44.9 Å². The second-order valence-corrected chi connectivity index (χ2v) is 30.6. The number of hydrogen-bond acceptors (Lipinski definition) is 5. The molecule has 0 saturated heterocycles. The van der Waals surface area contributed by atoms with Crippen LogP contribution in [0, 0.1) is 40.4 Å². The molecule has 0 aromatic heterocycles. The van der Waals surface area contributed by atoms with Crippen LogP contribution in [0.4, 0.5) is 0 Å². The highest BCUT2D eigenvalue weighted by atomic mass is 28.4. The number of fused-ring (bicyclic) bond motifs is 5. The van der Waals surface area contributed by atoms with E-state index in [1.807, 2.05) is 6.92 Å². The summed E-state index contributed by atoms with van der Waals surface area (Å²) in [5.74, 6) is 3.32. The van der Waals surface area contributed by atoms with Gasteiger partial charge in [-0.1, -0.05) is 19.0 Å². The molecule has 0 amide bonds. The highest BCUT2D eigenvalue weighted by molar-refractivity contribution is 6.70. The monoisotopic (exact) mass is 609 g/mol. The summed E-state index contributed by atoms with van der Waals surface area (Å²) < 4.78 is 20.5. The maximum atomic E-state index is 7.29. The lowest BCUT2D eigenvalue weighted by atomic mass is 9.44. The maximum absolute atomic E-state index is 7.29. The Labute approximate surface area is 250 Å². The fraction of sp³-hybridized carbons (Fsp3) is 0.969. The van der Waals surface area contributed by atoms with Crippen molar-refractivity contribution in [2.45, 2.75) is 143 Å². The molecule has 0 aliphatic heterocycles. The van der Waals surface area contributed by atoms with E-state index in [-0.39, 0.29) is 5.41 Å². The minimum absolute atomic E-state index is 0.186. The molecule has 4 aliphatic rings. The Hall–Kier alpha value is 0.000649. The van der Waals surface area contributed by atoms with E-state index in [2.05, 4.69) is 72.8 Å². The molecule has 4 aliphatic carbocycles. The summed E-state index contributed by atoms with van der Waals surface area (Å²) in [5.41, 5.74) is 1.70. The Balaban J connectivity index is 1.65. The molecular formula is C32H63NO4Si3. The van der Waals surface area contributed by atoms with Crippen molar-refractivity contribution in [3.05, 3.63) is 0 Å². The SMILES string of the molecule is CCO/N=C(/CO[Si](C)(C)C)[C@H]1CC[C@H]2[C@@H]3CC[C@@H]4C[C@H](O[Si](C)(C)C)CC[C@]4(C)[C@H]3[C@@H](O[Si](C)(C)C)C[C@]12C.